The Morgan fingerprint density at radius 1 is 1.15 bits per heavy atom. The Balaban J connectivity index is 2.05. The molecule has 1 saturated heterocycles. The minimum Gasteiger partial charge on any atom is -0.503 e. The van der Waals surface area contributed by atoms with Gasteiger partial charge in [-0.15, -0.1) is 0 Å². The fourth-order valence-electron chi connectivity index (χ4n) is 2.47. The molecule has 0 aliphatic carbocycles. The number of phenolic OH excluding ortho intramolecular Hbond substituents is 1. The van der Waals surface area contributed by atoms with E-state index >= 15 is 0 Å². The number of nitrogens with one attached hydrogen (secondary N) is 1. The highest BCUT2D eigenvalue weighted by atomic mass is 35.5. The number of barbiturate groups is 1. The summed E-state index contributed by atoms with van der Waals surface area (Å²) in [6.07, 6.45) is 1.27. The molecule has 2 N–H and O–H groups in total. The van der Waals surface area contributed by atoms with Crippen molar-refractivity contribution < 1.29 is 24.2 Å². The summed E-state index contributed by atoms with van der Waals surface area (Å²) in [5, 5.41) is 11.9. The lowest BCUT2D eigenvalue weighted by molar-refractivity contribution is -0.122. The highest BCUT2D eigenvalue weighted by molar-refractivity contribution is 6.39. The number of benzene rings is 2. The number of rotatable bonds is 3. The van der Waals surface area contributed by atoms with E-state index in [2.05, 4.69) is 5.32 Å². The van der Waals surface area contributed by atoms with Crippen LogP contribution in [0.3, 0.4) is 0 Å². The van der Waals surface area contributed by atoms with E-state index in [1.165, 1.54) is 25.3 Å². The van der Waals surface area contributed by atoms with Gasteiger partial charge >= 0.3 is 6.03 Å². The first-order valence-corrected chi connectivity index (χ1v) is 7.83. The van der Waals surface area contributed by atoms with Crippen LogP contribution >= 0.6 is 11.6 Å². The average Bonchev–Trinajstić information content (AvgIpc) is 2.62. The van der Waals surface area contributed by atoms with Crippen molar-refractivity contribution in [3.8, 4) is 11.5 Å². The van der Waals surface area contributed by atoms with Gasteiger partial charge in [0.1, 0.15) is 5.57 Å². The molecule has 0 spiro atoms. The minimum atomic E-state index is -0.829. The molecule has 8 heteroatoms. The molecule has 1 aliphatic heterocycles. The molecule has 0 unspecified atom stereocenters. The summed E-state index contributed by atoms with van der Waals surface area (Å²) in [6, 6.07) is 10.2. The van der Waals surface area contributed by atoms with Gasteiger partial charge in [-0.25, -0.2) is 9.69 Å². The van der Waals surface area contributed by atoms with E-state index in [1.54, 1.807) is 30.3 Å². The molecule has 0 aromatic heterocycles. The van der Waals surface area contributed by atoms with E-state index in [9.17, 15) is 19.5 Å². The van der Waals surface area contributed by atoms with Gasteiger partial charge < -0.3 is 9.84 Å². The highest BCUT2D eigenvalue weighted by Gasteiger charge is 2.36. The van der Waals surface area contributed by atoms with Crippen LogP contribution in [0.2, 0.25) is 5.02 Å². The van der Waals surface area contributed by atoms with Crippen LogP contribution in [0.4, 0.5) is 10.5 Å². The first-order valence-electron chi connectivity index (χ1n) is 7.45. The molecule has 1 aliphatic rings. The summed E-state index contributed by atoms with van der Waals surface area (Å²) < 4.78 is 5.00. The Labute approximate surface area is 153 Å². The third-order valence-corrected chi connectivity index (χ3v) is 3.99. The summed E-state index contributed by atoms with van der Waals surface area (Å²) in [7, 11) is 1.34. The monoisotopic (exact) mass is 372 g/mol. The molecule has 132 valence electrons. The van der Waals surface area contributed by atoms with E-state index < -0.39 is 17.8 Å². The van der Waals surface area contributed by atoms with Gasteiger partial charge in [0.05, 0.1) is 17.8 Å². The maximum Gasteiger partial charge on any atom is 0.335 e. The normalized spacial score (nSPS) is 16.0. The Morgan fingerprint density at radius 2 is 1.85 bits per heavy atom. The Hall–Kier alpha value is -3.32. The van der Waals surface area contributed by atoms with Crippen molar-refractivity contribution in [3.05, 3.63) is 58.6 Å². The fraction of sp³-hybridized carbons (Fsp3) is 0.0556. The number of ether oxygens (including phenoxy) is 1. The van der Waals surface area contributed by atoms with Gasteiger partial charge in [-0.2, -0.15) is 0 Å². The first-order chi connectivity index (χ1) is 12.4. The van der Waals surface area contributed by atoms with Crippen LogP contribution in [-0.2, 0) is 9.59 Å². The summed E-state index contributed by atoms with van der Waals surface area (Å²) in [5.41, 5.74) is 0.428. The molecule has 0 radical (unpaired) electrons. The second-order valence-corrected chi connectivity index (χ2v) is 5.75. The van der Waals surface area contributed by atoms with E-state index in [0.29, 0.717) is 11.3 Å². The number of carbonyl (C=O) groups excluding carboxylic acids is 3. The Morgan fingerprint density at radius 3 is 2.50 bits per heavy atom. The van der Waals surface area contributed by atoms with Crippen LogP contribution in [0, 0.1) is 0 Å². The molecule has 0 atom stereocenters. The number of urea groups is 1. The first kappa shape index (κ1) is 17.5. The third kappa shape index (κ3) is 3.12. The number of amides is 4. The number of hydrogen-bond donors (Lipinski definition) is 2. The second kappa shape index (κ2) is 6.89. The van der Waals surface area contributed by atoms with Crippen LogP contribution in [0.15, 0.2) is 48.0 Å². The number of methoxy groups -OCH3 is 1. The zero-order valence-electron chi connectivity index (χ0n) is 13.5. The number of phenols is 1. The molecule has 26 heavy (non-hydrogen) atoms. The predicted molar refractivity (Wildman–Crippen MR) is 95.1 cm³/mol. The van der Waals surface area contributed by atoms with Crippen molar-refractivity contribution >= 4 is 41.2 Å². The standard InChI is InChI=1S/C18H13ClN2O5/c1-26-14-9-10(8-13(19)15(14)22)7-12-16(23)20-18(25)21(17(12)24)11-5-3-2-4-6-11/h2-9,22H,1H3,(H,20,23,25)/b12-7-. The number of carbonyl (C=O) groups is 3. The van der Waals surface area contributed by atoms with Crippen LogP contribution in [0.5, 0.6) is 11.5 Å². The van der Waals surface area contributed by atoms with Gasteiger partial charge in [-0.3, -0.25) is 14.9 Å². The molecule has 1 fully saturated rings. The lowest BCUT2D eigenvalue weighted by atomic mass is 10.1. The van der Waals surface area contributed by atoms with Gasteiger partial charge in [0.2, 0.25) is 0 Å². The van der Waals surface area contributed by atoms with E-state index in [0.717, 1.165) is 4.90 Å². The van der Waals surface area contributed by atoms with Crippen molar-refractivity contribution in [1.29, 1.82) is 0 Å². The van der Waals surface area contributed by atoms with Crippen molar-refractivity contribution in [3.63, 3.8) is 0 Å². The largest absolute Gasteiger partial charge is 0.503 e. The fourth-order valence-corrected chi connectivity index (χ4v) is 2.69. The second-order valence-electron chi connectivity index (χ2n) is 5.35. The topological polar surface area (TPSA) is 95.9 Å². The van der Waals surface area contributed by atoms with Crippen molar-refractivity contribution in [1.82, 2.24) is 5.32 Å². The Kier molecular flexibility index (Phi) is 4.64. The van der Waals surface area contributed by atoms with Crippen molar-refractivity contribution in [2.75, 3.05) is 12.0 Å². The maximum absolute atomic E-state index is 12.7. The number of para-hydroxylation sites is 1. The summed E-state index contributed by atoms with van der Waals surface area (Å²) >= 11 is 5.93. The quantitative estimate of drug-likeness (QED) is 0.638. The molecule has 2 aromatic carbocycles. The van der Waals surface area contributed by atoms with Crippen LogP contribution in [0.25, 0.3) is 6.08 Å². The molecule has 3 rings (SSSR count). The molecule has 0 saturated carbocycles. The summed E-state index contributed by atoms with van der Waals surface area (Å²) in [4.78, 5) is 37.8. The molecular formula is C18H13ClN2O5. The Bertz CT molecular complexity index is 940. The van der Waals surface area contributed by atoms with Crippen LogP contribution < -0.4 is 15.0 Å². The number of nitrogens with zero attached hydrogens (tertiary/aromatic N) is 1. The zero-order chi connectivity index (χ0) is 18.8. The molecule has 2 aromatic rings. The van der Waals surface area contributed by atoms with E-state index in [1.807, 2.05) is 0 Å². The third-order valence-electron chi connectivity index (χ3n) is 3.70. The van der Waals surface area contributed by atoms with Gasteiger partial charge in [0.25, 0.3) is 11.8 Å². The predicted octanol–water partition coefficient (Wildman–Crippen LogP) is 2.72. The van der Waals surface area contributed by atoms with Gasteiger partial charge in [-0.1, -0.05) is 29.8 Å². The average molecular weight is 373 g/mol. The number of hydrogen-bond acceptors (Lipinski definition) is 5. The van der Waals surface area contributed by atoms with Gasteiger partial charge in [0.15, 0.2) is 11.5 Å². The molecule has 0 bridgehead atoms. The molecular weight excluding hydrogens is 360 g/mol. The lowest BCUT2D eigenvalue weighted by Gasteiger charge is -2.26. The van der Waals surface area contributed by atoms with Gasteiger partial charge in [-0.05, 0) is 35.9 Å². The van der Waals surface area contributed by atoms with E-state index in [-0.39, 0.29) is 22.1 Å². The van der Waals surface area contributed by atoms with Crippen LogP contribution in [0.1, 0.15) is 5.56 Å². The smallest absolute Gasteiger partial charge is 0.335 e. The molecule has 7 nitrogen and oxygen atoms in total. The number of halogens is 1. The summed E-state index contributed by atoms with van der Waals surface area (Å²) in [5.74, 6) is -1.76. The molecule has 1 heterocycles. The van der Waals surface area contributed by atoms with Gasteiger partial charge in [0, 0.05) is 0 Å². The number of anilines is 1. The summed E-state index contributed by atoms with van der Waals surface area (Å²) in [6.45, 7) is 0. The van der Waals surface area contributed by atoms with Crippen molar-refractivity contribution in [2.24, 2.45) is 0 Å². The zero-order valence-corrected chi connectivity index (χ0v) is 14.3. The van der Waals surface area contributed by atoms with E-state index in [4.69, 9.17) is 16.3 Å². The lowest BCUT2D eigenvalue weighted by Crippen LogP contribution is -2.54. The van der Waals surface area contributed by atoms with Crippen LogP contribution in [-0.4, -0.2) is 30.1 Å². The number of imide groups is 2. The highest BCUT2D eigenvalue weighted by Crippen LogP contribution is 2.35. The minimum absolute atomic E-state index is 0.00383. The SMILES string of the molecule is COc1cc(/C=C2/C(=O)NC(=O)N(c3ccccc3)C2=O)cc(Cl)c1O. The number of aromatic hydroxyl groups is 1. The maximum atomic E-state index is 12.7. The molecule has 4 amide bonds. The van der Waals surface area contributed by atoms with Crippen molar-refractivity contribution in [2.45, 2.75) is 0 Å².